The third-order valence-electron chi connectivity index (χ3n) is 2.19. The van der Waals surface area contributed by atoms with Crippen molar-refractivity contribution >= 4 is 72.5 Å². The average molecular weight is 495 g/mol. The number of hydrogen-bond donors (Lipinski definition) is 2. The number of aromatic nitrogens is 1. The fraction of sp³-hybridized carbons (Fsp3) is 0. The van der Waals surface area contributed by atoms with E-state index >= 15 is 0 Å². The SMILES string of the molecule is N/C(=N\NC([S-])=Nc1ccccc1)c1ccccn1.[Cl][Sn+]([Cl])[Cl]. The number of nitrogens with zero attached hydrogens (tertiary/aromatic N) is 3. The van der Waals surface area contributed by atoms with E-state index in [9.17, 15) is 0 Å². The number of benzene rings is 1. The van der Waals surface area contributed by atoms with Gasteiger partial charge in [-0.05, 0) is 24.3 Å². The Labute approximate surface area is 158 Å². The fourth-order valence-electron chi connectivity index (χ4n) is 1.32. The molecular weight excluding hydrogens is 483 g/mol. The van der Waals surface area contributed by atoms with Gasteiger partial charge in [-0.3, -0.25) is 15.4 Å². The van der Waals surface area contributed by atoms with Crippen LogP contribution >= 0.6 is 26.8 Å². The summed E-state index contributed by atoms with van der Waals surface area (Å²) in [6.45, 7) is 0. The molecule has 0 saturated carbocycles. The molecule has 10 heteroatoms. The molecule has 0 atom stereocenters. The van der Waals surface area contributed by atoms with Crippen LogP contribution in [-0.2, 0) is 12.6 Å². The summed E-state index contributed by atoms with van der Waals surface area (Å²) >= 11 is 2.92. The zero-order chi connectivity index (χ0) is 17.1. The minimum atomic E-state index is -2.13. The number of para-hydroxylation sites is 1. The number of hydrazone groups is 1. The normalized spacial score (nSPS) is 11.3. The van der Waals surface area contributed by atoms with E-state index in [1.807, 2.05) is 36.4 Å². The van der Waals surface area contributed by atoms with Crippen molar-refractivity contribution in [2.24, 2.45) is 15.8 Å². The van der Waals surface area contributed by atoms with Crippen LogP contribution in [0.5, 0.6) is 0 Å². The molecule has 2 rings (SSSR count). The molecule has 0 bridgehead atoms. The molecule has 0 saturated heterocycles. The Morgan fingerprint density at radius 3 is 2.26 bits per heavy atom. The second-order valence-electron chi connectivity index (χ2n) is 3.79. The van der Waals surface area contributed by atoms with Crippen molar-refractivity contribution in [3.63, 3.8) is 0 Å². The van der Waals surface area contributed by atoms with E-state index < -0.39 is 16.4 Å². The van der Waals surface area contributed by atoms with Crippen molar-refractivity contribution < 1.29 is 0 Å². The van der Waals surface area contributed by atoms with Crippen molar-refractivity contribution in [2.45, 2.75) is 0 Å². The van der Waals surface area contributed by atoms with Gasteiger partial charge in [0.05, 0.1) is 5.69 Å². The number of pyridine rings is 1. The zero-order valence-electron chi connectivity index (χ0n) is 11.7. The Morgan fingerprint density at radius 2 is 1.70 bits per heavy atom. The van der Waals surface area contributed by atoms with Gasteiger partial charge in [-0.15, -0.1) is 0 Å². The second kappa shape index (κ2) is 11.7. The van der Waals surface area contributed by atoms with Crippen LogP contribution in [0.2, 0.25) is 0 Å². The summed E-state index contributed by atoms with van der Waals surface area (Å²) in [6, 6.07) is 14.8. The first-order chi connectivity index (χ1) is 11.0. The van der Waals surface area contributed by atoms with Gasteiger partial charge >= 0.3 is 43.1 Å². The van der Waals surface area contributed by atoms with E-state index in [0.717, 1.165) is 5.69 Å². The summed E-state index contributed by atoms with van der Waals surface area (Å²) in [4.78, 5) is 8.23. The molecule has 1 aromatic heterocycles. The molecule has 2 aromatic rings. The molecule has 0 aliphatic heterocycles. The third kappa shape index (κ3) is 9.83. The molecule has 1 aromatic carbocycles. The van der Waals surface area contributed by atoms with E-state index in [2.05, 4.69) is 20.5 Å². The van der Waals surface area contributed by atoms with Crippen LogP contribution < -0.4 is 11.2 Å². The standard InChI is InChI=1S/C13H13N5S.3ClH.Sn/c14-12(11-8-4-5-9-15-11)17-18-13(19)16-10-6-2-1-3-7-10;;;;/h1-9H,(H2,14,17)(H2,16,18,19);3*1H;/q;;;;+4/p-4. The van der Waals surface area contributed by atoms with Gasteiger partial charge in [0, 0.05) is 11.4 Å². The predicted octanol–water partition coefficient (Wildman–Crippen LogP) is 3.21. The number of rotatable bonds is 3. The van der Waals surface area contributed by atoms with Crippen LogP contribution in [0.1, 0.15) is 5.69 Å². The number of nitrogens with one attached hydrogen (secondary N) is 1. The molecule has 3 N–H and O–H groups in total. The molecule has 0 radical (unpaired) electrons. The molecule has 0 aliphatic rings. The molecule has 23 heavy (non-hydrogen) atoms. The van der Waals surface area contributed by atoms with E-state index in [1.54, 1.807) is 18.3 Å². The van der Waals surface area contributed by atoms with Gasteiger partial charge in [-0.25, -0.2) is 0 Å². The minimum absolute atomic E-state index is 0.241. The molecule has 1 heterocycles. The van der Waals surface area contributed by atoms with Crippen LogP contribution in [0.3, 0.4) is 0 Å². The Kier molecular flexibility index (Phi) is 10.3. The topological polar surface area (TPSA) is 75.7 Å². The van der Waals surface area contributed by atoms with Gasteiger partial charge in [-0.1, -0.05) is 24.3 Å². The number of aliphatic imine (C=N–C) groups is 1. The Bertz CT molecular complexity index is 638. The third-order valence-corrected chi connectivity index (χ3v) is 2.37. The van der Waals surface area contributed by atoms with Crippen molar-refractivity contribution in [2.75, 3.05) is 0 Å². The Morgan fingerprint density at radius 1 is 1.09 bits per heavy atom. The Balaban J connectivity index is 0.000000593. The van der Waals surface area contributed by atoms with Gasteiger partial charge in [0.2, 0.25) is 0 Å². The first kappa shape index (κ1) is 20.2. The molecule has 5 nitrogen and oxygen atoms in total. The van der Waals surface area contributed by atoms with Crippen LogP contribution in [0.15, 0.2) is 64.8 Å². The van der Waals surface area contributed by atoms with Crippen molar-refractivity contribution in [3.05, 3.63) is 60.4 Å². The Hall–Kier alpha value is -0.801. The molecule has 120 valence electrons. The number of halogens is 3. The van der Waals surface area contributed by atoms with Crippen LogP contribution in [-0.4, -0.2) is 32.4 Å². The number of nitrogens with two attached hydrogens (primary N) is 1. The maximum atomic E-state index is 5.76. The first-order valence-electron chi connectivity index (χ1n) is 6.14. The quantitative estimate of drug-likeness (QED) is 0.226. The average Bonchev–Trinajstić information content (AvgIpc) is 2.54. The van der Waals surface area contributed by atoms with E-state index in [1.165, 1.54) is 0 Å². The summed E-state index contributed by atoms with van der Waals surface area (Å²) in [5, 5.41) is 4.18. The monoisotopic (exact) mass is 495 g/mol. The van der Waals surface area contributed by atoms with Gasteiger partial charge in [0.15, 0.2) is 5.84 Å². The summed E-state index contributed by atoms with van der Waals surface area (Å²) in [6.07, 6.45) is 1.64. The molecule has 0 unspecified atom stereocenters. The molecular formula is C13H12Cl3N5SSn. The van der Waals surface area contributed by atoms with Gasteiger partial charge < -0.3 is 18.4 Å². The van der Waals surface area contributed by atoms with Crippen LogP contribution in [0.4, 0.5) is 5.69 Å². The maximum absolute atomic E-state index is 5.76. The second-order valence-corrected chi connectivity index (χ2v) is 16.9. The van der Waals surface area contributed by atoms with Gasteiger partial charge in [0.1, 0.15) is 5.69 Å². The van der Waals surface area contributed by atoms with Crippen molar-refractivity contribution in [1.82, 2.24) is 10.4 Å². The van der Waals surface area contributed by atoms with Crippen molar-refractivity contribution in [3.8, 4) is 0 Å². The summed E-state index contributed by atoms with van der Waals surface area (Å²) in [7, 11) is 15.0. The van der Waals surface area contributed by atoms with E-state index in [0.29, 0.717) is 5.69 Å². The fourth-order valence-corrected chi connectivity index (χ4v) is 1.48. The molecule has 0 fully saturated rings. The van der Waals surface area contributed by atoms with Crippen LogP contribution in [0, 0.1) is 0 Å². The van der Waals surface area contributed by atoms with Gasteiger partial charge in [-0.2, -0.15) is 5.10 Å². The number of amidine groups is 2. The van der Waals surface area contributed by atoms with E-state index in [-0.39, 0.29) is 11.0 Å². The van der Waals surface area contributed by atoms with E-state index in [4.69, 9.17) is 45.1 Å². The summed E-state index contributed by atoms with van der Waals surface area (Å²) in [5.74, 6) is 0.256. The molecule has 0 aliphatic carbocycles. The predicted molar refractivity (Wildman–Crippen MR) is 102 cm³/mol. The molecule has 0 amide bonds. The summed E-state index contributed by atoms with van der Waals surface area (Å²) < 4.78 is 0. The van der Waals surface area contributed by atoms with Crippen molar-refractivity contribution in [1.29, 1.82) is 0 Å². The van der Waals surface area contributed by atoms with Gasteiger partial charge in [0.25, 0.3) is 0 Å². The zero-order valence-corrected chi connectivity index (χ0v) is 17.6. The van der Waals surface area contributed by atoms with Crippen LogP contribution in [0.25, 0.3) is 0 Å². The summed E-state index contributed by atoms with van der Waals surface area (Å²) in [5.41, 5.74) is 9.71. The molecule has 0 spiro atoms. The first-order valence-corrected chi connectivity index (χ1v) is 17.4. The number of hydrogen-bond acceptors (Lipinski definition) is 4.